The Bertz CT molecular complexity index is 1150. The number of nitrogens with one attached hydrogen (secondary N) is 2. The molecule has 3 aromatic rings. The summed E-state index contributed by atoms with van der Waals surface area (Å²) < 4.78 is 5.83. The largest absolute Gasteiger partial charge is 0.486 e. The molecule has 1 aliphatic carbocycles. The number of hydrogen-bond donors (Lipinski definition) is 2. The van der Waals surface area contributed by atoms with E-state index in [1.54, 1.807) is 29.6 Å². The summed E-state index contributed by atoms with van der Waals surface area (Å²) in [6.07, 6.45) is 3.19. The fourth-order valence-electron chi connectivity index (χ4n) is 4.13. The Kier molecular flexibility index (Phi) is 8.42. The third kappa shape index (κ3) is 6.83. The molecule has 35 heavy (non-hydrogen) atoms. The molecule has 0 atom stereocenters. The summed E-state index contributed by atoms with van der Waals surface area (Å²) in [6, 6.07) is 15.2. The summed E-state index contributed by atoms with van der Waals surface area (Å²) in [6.45, 7) is 4.64. The van der Waals surface area contributed by atoms with Gasteiger partial charge in [-0.2, -0.15) is 0 Å². The second-order valence-electron chi connectivity index (χ2n) is 9.11. The topological polar surface area (TPSA) is 80.3 Å². The maximum absolute atomic E-state index is 12.7. The zero-order valence-corrected chi connectivity index (χ0v) is 21.5. The number of thiazole rings is 1. The number of carbonyl (C=O) groups is 2. The van der Waals surface area contributed by atoms with E-state index in [0.717, 1.165) is 36.4 Å². The van der Waals surface area contributed by atoms with Crippen molar-refractivity contribution in [3.8, 4) is 5.75 Å². The first kappa shape index (κ1) is 25.2. The minimum absolute atomic E-state index is 0.0665. The van der Waals surface area contributed by atoms with Gasteiger partial charge in [0.05, 0.1) is 10.6 Å². The summed E-state index contributed by atoms with van der Waals surface area (Å²) in [4.78, 5) is 29.6. The zero-order valence-electron chi connectivity index (χ0n) is 19.9. The fraction of sp³-hybridized carbons (Fsp3) is 0.370. The van der Waals surface area contributed by atoms with E-state index in [9.17, 15) is 9.59 Å². The Hall–Kier alpha value is -2.90. The van der Waals surface area contributed by atoms with E-state index in [2.05, 4.69) is 41.6 Å². The molecule has 0 bridgehead atoms. The van der Waals surface area contributed by atoms with Gasteiger partial charge in [0.1, 0.15) is 23.1 Å². The van der Waals surface area contributed by atoms with Crippen molar-refractivity contribution in [2.45, 2.75) is 64.1 Å². The number of benzene rings is 2. The average Bonchev–Trinajstić information content (AvgIpc) is 3.34. The van der Waals surface area contributed by atoms with Crippen LogP contribution in [0.25, 0.3) is 0 Å². The molecule has 4 rings (SSSR count). The predicted octanol–water partition coefficient (Wildman–Crippen LogP) is 5.97. The highest BCUT2D eigenvalue weighted by molar-refractivity contribution is 7.09. The number of aromatic nitrogens is 1. The number of halogens is 1. The van der Waals surface area contributed by atoms with Crippen LogP contribution >= 0.6 is 22.9 Å². The highest BCUT2D eigenvalue weighted by atomic mass is 35.5. The Balaban J connectivity index is 1.21. The monoisotopic (exact) mass is 511 g/mol. The van der Waals surface area contributed by atoms with Gasteiger partial charge in [0, 0.05) is 17.5 Å². The van der Waals surface area contributed by atoms with Crippen LogP contribution in [0.2, 0.25) is 5.02 Å². The molecule has 2 N–H and O–H groups in total. The van der Waals surface area contributed by atoms with Crippen LogP contribution in [0, 0.1) is 0 Å². The van der Waals surface area contributed by atoms with Crippen LogP contribution in [0.3, 0.4) is 0 Å². The number of hydrogen-bond acceptors (Lipinski definition) is 5. The van der Waals surface area contributed by atoms with Crippen molar-refractivity contribution >= 4 is 34.8 Å². The lowest BCUT2D eigenvalue weighted by Gasteiger charge is -2.29. The van der Waals surface area contributed by atoms with E-state index in [1.807, 2.05) is 12.1 Å². The lowest BCUT2D eigenvalue weighted by molar-refractivity contribution is 0.0889. The van der Waals surface area contributed by atoms with Gasteiger partial charge in [-0.1, -0.05) is 49.7 Å². The Labute approximate surface area is 215 Å². The Morgan fingerprint density at radius 3 is 2.26 bits per heavy atom. The third-order valence-corrected chi connectivity index (χ3v) is 7.36. The summed E-state index contributed by atoms with van der Waals surface area (Å²) in [5, 5.41) is 9.12. The maximum atomic E-state index is 12.7. The average molecular weight is 512 g/mol. The second kappa shape index (κ2) is 11.7. The molecule has 1 saturated carbocycles. The molecule has 1 heterocycles. The molecule has 8 heteroatoms. The zero-order chi connectivity index (χ0) is 24.8. The van der Waals surface area contributed by atoms with Crippen molar-refractivity contribution in [2.75, 3.05) is 0 Å². The number of rotatable bonds is 8. The first-order chi connectivity index (χ1) is 16.9. The molecular formula is C27H30ClN3O3S. The minimum atomic E-state index is -0.169. The van der Waals surface area contributed by atoms with Crippen LogP contribution < -0.4 is 15.4 Å². The molecule has 0 saturated heterocycles. The van der Waals surface area contributed by atoms with Crippen molar-refractivity contribution in [1.29, 1.82) is 0 Å². The number of amides is 2. The molecule has 0 spiro atoms. The van der Waals surface area contributed by atoms with Gasteiger partial charge in [-0.25, -0.2) is 4.98 Å². The molecule has 1 aliphatic rings. The van der Waals surface area contributed by atoms with Gasteiger partial charge in [-0.15, -0.1) is 11.3 Å². The molecule has 0 unspecified atom stereocenters. The molecule has 1 fully saturated rings. The highest BCUT2D eigenvalue weighted by Gasteiger charge is 2.25. The summed E-state index contributed by atoms with van der Waals surface area (Å²) >= 11 is 7.54. The predicted molar refractivity (Wildman–Crippen MR) is 139 cm³/mol. The summed E-state index contributed by atoms with van der Waals surface area (Å²) in [7, 11) is 0. The van der Waals surface area contributed by atoms with Crippen molar-refractivity contribution in [3.63, 3.8) is 0 Å². The second-order valence-corrected chi connectivity index (χ2v) is 10.5. The third-order valence-electron chi connectivity index (χ3n) is 6.21. The summed E-state index contributed by atoms with van der Waals surface area (Å²) in [5.41, 5.74) is 2.17. The lowest BCUT2D eigenvalue weighted by atomic mass is 9.91. The standard InChI is InChI=1S/C27H30ClN3O3S/c1-17(2)18-7-13-21(14-8-18)34-15-25-31-24(16-35-25)27(33)30-20-11-9-19(10-12-20)29-26(32)22-5-3-4-6-23(22)28/h3-8,13-14,16-17,19-20H,9-12,15H2,1-2H3,(H,29,32)(H,30,33). The lowest BCUT2D eigenvalue weighted by Crippen LogP contribution is -2.43. The van der Waals surface area contributed by atoms with Gasteiger partial charge >= 0.3 is 0 Å². The van der Waals surface area contributed by atoms with Crippen molar-refractivity contribution in [3.05, 3.63) is 80.8 Å². The molecular weight excluding hydrogens is 482 g/mol. The normalized spacial score (nSPS) is 17.7. The van der Waals surface area contributed by atoms with Crippen LogP contribution in [0.5, 0.6) is 5.75 Å². The van der Waals surface area contributed by atoms with E-state index < -0.39 is 0 Å². The smallest absolute Gasteiger partial charge is 0.270 e. The number of ether oxygens (including phenoxy) is 1. The van der Waals surface area contributed by atoms with Crippen LogP contribution in [0.15, 0.2) is 53.9 Å². The van der Waals surface area contributed by atoms with Crippen LogP contribution in [-0.2, 0) is 6.61 Å². The molecule has 1 aromatic heterocycles. The Morgan fingerprint density at radius 2 is 1.63 bits per heavy atom. The first-order valence-electron chi connectivity index (χ1n) is 11.9. The van der Waals surface area contributed by atoms with Gasteiger partial charge < -0.3 is 15.4 Å². The van der Waals surface area contributed by atoms with Crippen molar-refractivity contribution in [2.24, 2.45) is 0 Å². The quantitative estimate of drug-likeness (QED) is 0.390. The molecule has 2 amide bonds. The van der Waals surface area contributed by atoms with Crippen molar-refractivity contribution < 1.29 is 14.3 Å². The van der Waals surface area contributed by atoms with Crippen LogP contribution in [-0.4, -0.2) is 28.9 Å². The van der Waals surface area contributed by atoms with Gasteiger partial charge in [0.2, 0.25) is 0 Å². The number of nitrogens with zero attached hydrogens (tertiary/aromatic N) is 1. The highest BCUT2D eigenvalue weighted by Crippen LogP contribution is 2.22. The minimum Gasteiger partial charge on any atom is -0.486 e. The van der Waals surface area contributed by atoms with E-state index in [0.29, 0.717) is 28.8 Å². The molecule has 6 nitrogen and oxygen atoms in total. The maximum Gasteiger partial charge on any atom is 0.270 e. The Morgan fingerprint density at radius 1 is 1.00 bits per heavy atom. The van der Waals surface area contributed by atoms with Crippen molar-refractivity contribution in [1.82, 2.24) is 15.6 Å². The molecule has 0 radical (unpaired) electrons. The SMILES string of the molecule is CC(C)c1ccc(OCc2nc(C(=O)NC3CCC(NC(=O)c4ccccc4Cl)CC3)cs2)cc1. The first-order valence-corrected chi connectivity index (χ1v) is 13.2. The van der Waals surface area contributed by atoms with Gasteiger partial charge in [0.15, 0.2) is 0 Å². The van der Waals surface area contributed by atoms with E-state index in [1.165, 1.54) is 16.9 Å². The van der Waals surface area contributed by atoms with E-state index >= 15 is 0 Å². The molecule has 184 valence electrons. The molecule has 0 aliphatic heterocycles. The van der Waals surface area contributed by atoms with Gasteiger partial charge in [-0.3, -0.25) is 9.59 Å². The van der Waals surface area contributed by atoms with Crippen LogP contribution in [0.4, 0.5) is 0 Å². The van der Waals surface area contributed by atoms with Crippen LogP contribution in [0.1, 0.15) is 76.9 Å². The molecule has 2 aromatic carbocycles. The van der Waals surface area contributed by atoms with E-state index in [-0.39, 0.29) is 23.9 Å². The number of carbonyl (C=O) groups excluding carboxylic acids is 2. The fourth-order valence-corrected chi connectivity index (χ4v) is 5.03. The van der Waals surface area contributed by atoms with E-state index in [4.69, 9.17) is 16.3 Å². The summed E-state index contributed by atoms with van der Waals surface area (Å²) in [5.74, 6) is 0.939. The van der Waals surface area contributed by atoms with Gasteiger partial charge in [0.25, 0.3) is 11.8 Å². The van der Waals surface area contributed by atoms with Gasteiger partial charge in [-0.05, 0) is 61.4 Å².